The third kappa shape index (κ3) is 1.93. The first kappa shape index (κ1) is 12.0. The molecule has 1 aliphatic rings. The molecule has 0 bridgehead atoms. The van der Waals surface area contributed by atoms with E-state index in [9.17, 15) is 9.59 Å². The molecule has 0 amide bonds. The summed E-state index contributed by atoms with van der Waals surface area (Å²) in [7, 11) is 0. The highest BCUT2D eigenvalue weighted by atomic mass is 16.5. The monoisotopic (exact) mass is 258 g/mol. The van der Waals surface area contributed by atoms with Crippen LogP contribution in [0.4, 0.5) is 0 Å². The van der Waals surface area contributed by atoms with Crippen LogP contribution in [0.2, 0.25) is 0 Å². The molecule has 4 nitrogen and oxygen atoms in total. The van der Waals surface area contributed by atoms with Crippen molar-refractivity contribution in [2.45, 2.75) is 33.1 Å². The van der Waals surface area contributed by atoms with Gasteiger partial charge in [0.25, 0.3) is 0 Å². The standard InChI is InChI=1S/C15H14O4/c1-8-6-12(18-9(2)16)14-10-4-3-5-11(10)15(17)19-13(14)7-8/h6-7H,3-5H2,1-2H3. The Bertz CT molecular complexity index is 740. The molecule has 0 fully saturated rings. The minimum absolute atomic E-state index is 0.264. The van der Waals surface area contributed by atoms with E-state index in [2.05, 4.69) is 0 Å². The van der Waals surface area contributed by atoms with Crippen molar-refractivity contribution in [3.05, 3.63) is 39.2 Å². The van der Waals surface area contributed by atoms with Gasteiger partial charge in [-0.05, 0) is 49.4 Å². The van der Waals surface area contributed by atoms with Crippen molar-refractivity contribution in [1.29, 1.82) is 0 Å². The Labute approximate surface area is 110 Å². The molecular formula is C15H14O4. The quantitative estimate of drug-likeness (QED) is 0.448. The van der Waals surface area contributed by atoms with E-state index in [4.69, 9.17) is 9.15 Å². The Kier molecular flexibility index (Phi) is 2.66. The number of ether oxygens (including phenoxy) is 1. The Morgan fingerprint density at radius 3 is 2.74 bits per heavy atom. The number of rotatable bonds is 1. The van der Waals surface area contributed by atoms with Gasteiger partial charge in [-0.3, -0.25) is 4.79 Å². The van der Waals surface area contributed by atoms with Crippen molar-refractivity contribution < 1.29 is 13.9 Å². The number of hydrogen-bond acceptors (Lipinski definition) is 4. The third-order valence-corrected chi connectivity index (χ3v) is 3.43. The Morgan fingerprint density at radius 2 is 2.00 bits per heavy atom. The molecule has 0 N–H and O–H groups in total. The molecule has 0 spiro atoms. The fourth-order valence-corrected chi connectivity index (χ4v) is 2.74. The molecule has 0 saturated heterocycles. The van der Waals surface area contributed by atoms with E-state index >= 15 is 0 Å². The molecule has 4 heteroatoms. The molecule has 0 unspecified atom stereocenters. The summed E-state index contributed by atoms with van der Waals surface area (Å²) in [5.41, 5.74) is 2.83. The molecule has 0 radical (unpaired) electrons. The SMILES string of the molecule is CC(=O)Oc1cc(C)cc2oc(=O)c3c(c12)CCC3. The van der Waals surface area contributed by atoms with Gasteiger partial charge in [0.05, 0.1) is 5.39 Å². The van der Waals surface area contributed by atoms with E-state index in [1.54, 1.807) is 0 Å². The first-order valence-corrected chi connectivity index (χ1v) is 6.34. The van der Waals surface area contributed by atoms with Crippen LogP contribution in [-0.2, 0) is 17.6 Å². The average molecular weight is 258 g/mol. The summed E-state index contributed by atoms with van der Waals surface area (Å²) in [6, 6.07) is 3.62. The number of fused-ring (bicyclic) bond motifs is 3. The van der Waals surface area contributed by atoms with Crippen LogP contribution in [0.1, 0.15) is 30.0 Å². The lowest BCUT2D eigenvalue weighted by atomic mass is 10.0. The molecule has 19 heavy (non-hydrogen) atoms. The highest BCUT2D eigenvalue weighted by Crippen LogP contribution is 2.35. The summed E-state index contributed by atoms with van der Waals surface area (Å²) in [6.07, 6.45) is 2.50. The first-order valence-electron chi connectivity index (χ1n) is 6.34. The lowest BCUT2D eigenvalue weighted by Gasteiger charge is -2.10. The van der Waals surface area contributed by atoms with Crippen LogP contribution in [-0.4, -0.2) is 5.97 Å². The van der Waals surface area contributed by atoms with Crippen molar-refractivity contribution in [1.82, 2.24) is 0 Å². The molecule has 1 aromatic carbocycles. The van der Waals surface area contributed by atoms with Crippen LogP contribution in [0.25, 0.3) is 11.0 Å². The number of benzene rings is 1. The van der Waals surface area contributed by atoms with Gasteiger partial charge < -0.3 is 9.15 Å². The summed E-state index contributed by atoms with van der Waals surface area (Å²) >= 11 is 0. The molecule has 1 heterocycles. The smallest absolute Gasteiger partial charge is 0.339 e. The minimum atomic E-state index is -0.371. The maximum absolute atomic E-state index is 11.9. The van der Waals surface area contributed by atoms with Gasteiger partial charge in [0.2, 0.25) is 0 Å². The molecule has 2 aromatic rings. The largest absolute Gasteiger partial charge is 0.426 e. The number of hydrogen-bond donors (Lipinski definition) is 0. The highest BCUT2D eigenvalue weighted by Gasteiger charge is 2.22. The zero-order valence-electron chi connectivity index (χ0n) is 10.9. The number of esters is 1. The van der Waals surface area contributed by atoms with Crippen LogP contribution in [0, 0.1) is 6.92 Å². The van der Waals surface area contributed by atoms with Crippen LogP contribution < -0.4 is 10.4 Å². The van der Waals surface area contributed by atoms with E-state index in [-0.39, 0.29) is 11.6 Å². The molecule has 0 saturated carbocycles. The minimum Gasteiger partial charge on any atom is -0.426 e. The van der Waals surface area contributed by atoms with Gasteiger partial charge in [-0.2, -0.15) is 0 Å². The van der Waals surface area contributed by atoms with Crippen LogP contribution in [0.3, 0.4) is 0 Å². The van der Waals surface area contributed by atoms with Crippen LogP contribution in [0.5, 0.6) is 5.75 Å². The number of aryl methyl sites for hydroxylation is 2. The second-order valence-corrected chi connectivity index (χ2v) is 4.93. The average Bonchev–Trinajstić information content (AvgIpc) is 2.76. The Balaban J connectivity index is 2.39. The second-order valence-electron chi connectivity index (χ2n) is 4.93. The van der Waals surface area contributed by atoms with Crippen molar-refractivity contribution >= 4 is 16.9 Å². The van der Waals surface area contributed by atoms with E-state index in [0.717, 1.165) is 41.3 Å². The molecule has 1 aliphatic carbocycles. The summed E-state index contributed by atoms with van der Waals surface area (Å²) in [6.45, 7) is 3.24. The van der Waals surface area contributed by atoms with E-state index in [1.807, 2.05) is 19.1 Å². The lowest BCUT2D eigenvalue weighted by Crippen LogP contribution is -2.09. The maximum atomic E-state index is 11.9. The van der Waals surface area contributed by atoms with Gasteiger partial charge in [-0.15, -0.1) is 0 Å². The Morgan fingerprint density at radius 1 is 1.26 bits per heavy atom. The molecule has 98 valence electrons. The lowest BCUT2D eigenvalue weighted by molar-refractivity contribution is -0.131. The first-order chi connectivity index (χ1) is 9.06. The second kappa shape index (κ2) is 4.23. The van der Waals surface area contributed by atoms with Gasteiger partial charge in [-0.1, -0.05) is 0 Å². The van der Waals surface area contributed by atoms with Crippen LogP contribution >= 0.6 is 0 Å². The number of carbonyl (C=O) groups excluding carboxylic acids is 1. The fourth-order valence-electron chi connectivity index (χ4n) is 2.74. The summed E-state index contributed by atoms with van der Waals surface area (Å²) in [5, 5.41) is 0.771. The topological polar surface area (TPSA) is 56.5 Å². The van der Waals surface area contributed by atoms with Crippen molar-refractivity contribution in [2.75, 3.05) is 0 Å². The number of carbonyl (C=O) groups is 1. The zero-order valence-corrected chi connectivity index (χ0v) is 10.9. The molecule has 3 rings (SSSR count). The predicted molar refractivity (Wildman–Crippen MR) is 70.6 cm³/mol. The van der Waals surface area contributed by atoms with Crippen molar-refractivity contribution in [3.63, 3.8) is 0 Å². The molecule has 0 aliphatic heterocycles. The molecule has 1 aromatic heterocycles. The van der Waals surface area contributed by atoms with Crippen LogP contribution in [0.15, 0.2) is 21.3 Å². The van der Waals surface area contributed by atoms with Gasteiger partial charge >= 0.3 is 11.6 Å². The van der Waals surface area contributed by atoms with E-state index in [0.29, 0.717) is 11.3 Å². The van der Waals surface area contributed by atoms with Gasteiger partial charge in [0.1, 0.15) is 11.3 Å². The van der Waals surface area contributed by atoms with E-state index in [1.165, 1.54) is 6.92 Å². The normalized spacial score (nSPS) is 13.6. The van der Waals surface area contributed by atoms with Gasteiger partial charge in [0, 0.05) is 12.5 Å². The highest BCUT2D eigenvalue weighted by molar-refractivity contribution is 5.90. The molecular weight excluding hydrogens is 244 g/mol. The summed E-state index contributed by atoms with van der Waals surface area (Å²) in [4.78, 5) is 23.1. The third-order valence-electron chi connectivity index (χ3n) is 3.43. The zero-order chi connectivity index (χ0) is 13.6. The summed E-state index contributed by atoms with van der Waals surface area (Å²) in [5.74, 6) is 0.120. The molecule has 0 atom stereocenters. The van der Waals surface area contributed by atoms with Gasteiger partial charge in [-0.25, -0.2) is 4.79 Å². The van der Waals surface area contributed by atoms with Crippen molar-refractivity contribution in [2.24, 2.45) is 0 Å². The van der Waals surface area contributed by atoms with Crippen molar-refractivity contribution in [3.8, 4) is 5.75 Å². The fraction of sp³-hybridized carbons (Fsp3) is 0.333. The predicted octanol–water partition coefficient (Wildman–Crippen LogP) is 2.52. The Hall–Kier alpha value is -2.10. The maximum Gasteiger partial charge on any atom is 0.339 e. The van der Waals surface area contributed by atoms with E-state index < -0.39 is 0 Å². The summed E-state index contributed by atoms with van der Waals surface area (Å²) < 4.78 is 10.6. The van der Waals surface area contributed by atoms with Gasteiger partial charge in [0.15, 0.2) is 0 Å².